The summed E-state index contributed by atoms with van der Waals surface area (Å²) in [7, 11) is 0. The fourth-order valence-corrected chi connectivity index (χ4v) is 3.36. The smallest absolute Gasteiger partial charge is 0.390 e. The van der Waals surface area contributed by atoms with Gasteiger partial charge in [-0.15, -0.1) is 0 Å². The van der Waals surface area contributed by atoms with Crippen LogP contribution >= 0.6 is 11.3 Å². The summed E-state index contributed by atoms with van der Waals surface area (Å²) < 4.78 is 38.1. The lowest BCUT2D eigenvalue weighted by Gasteiger charge is -2.37. The third-order valence-electron chi connectivity index (χ3n) is 3.74. The maximum atomic E-state index is 12.7. The monoisotopic (exact) mass is 278 g/mol. The van der Waals surface area contributed by atoms with E-state index in [9.17, 15) is 18.3 Å². The fourth-order valence-electron chi connectivity index (χ4n) is 2.66. The molecule has 1 saturated carbocycles. The van der Waals surface area contributed by atoms with E-state index in [-0.39, 0.29) is 12.8 Å². The van der Waals surface area contributed by atoms with E-state index >= 15 is 0 Å². The zero-order valence-electron chi connectivity index (χ0n) is 10.0. The SMILES string of the molecule is OC1(CCc2ccsc2)CCCC(C(F)(F)F)C1. The van der Waals surface area contributed by atoms with Crippen molar-refractivity contribution in [2.75, 3.05) is 0 Å². The normalized spacial score (nSPS) is 29.4. The van der Waals surface area contributed by atoms with Crippen molar-refractivity contribution in [1.82, 2.24) is 0 Å². The number of aryl methyl sites for hydroxylation is 1. The van der Waals surface area contributed by atoms with Gasteiger partial charge in [-0.1, -0.05) is 0 Å². The third kappa shape index (κ3) is 3.48. The maximum absolute atomic E-state index is 12.7. The van der Waals surface area contributed by atoms with Crippen molar-refractivity contribution in [2.24, 2.45) is 5.92 Å². The summed E-state index contributed by atoms with van der Waals surface area (Å²) in [4.78, 5) is 0. The molecule has 0 amide bonds. The molecule has 1 aromatic heterocycles. The second kappa shape index (κ2) is 5.21. The number of rotatable bonds is 3. The van der Waals surface area contributed by atoms with Gasteiger partial charge in [0.25, 0.3) is 0 Å². The Morgan fingerprint density at radius 3 is 2.83 bits per heavy atom. The van der Waals surface area contributed by atoms with Crippen molar-refractivity contribution in [3.63, 3.8) is 0 Å². The molecule has 2 rings (SSSR count). The van der Waals surface area contributed by atoms with E-state index in [4.69, 9.17) is 0 Å². The van der Waals surface area contributed by atoms with Gasteiger partial charge in [0.05, 0.1) is 11.5 Å². The van der Waals surface area contributed by atoms with Crippen LogP contribution < -0.4 is 0 Å². The second-order valence-corrected chi connectivity index (χ2v) is 5.97. The van der Waals surface area contributed by atoms with Crippen molar-refractivity contribution in [1.29, 1.82) is 0 Å². The highest BCUT2D eigenvalue weighted by atomic mass is 32.1. The highest BCUT2D eigenvalue weighted by Gasteiger charge is 2.46. The molecule has 102 valence electrons. The minimum Gasteiger partial charge on any atom is -0.390 e. The van der Waals surface area contributed by atoms with Gasteiger partial charge in [-0.2, -0.15) is 24.5 Å². The van der Waals surface area contributed by atoms with Crippen LogP contribution in [0.3, 0.4) is 0 Å². The summed E-state index contributed by atoms with van der Waals surface area (Å²) in [5.41, 5.74) is -0.0389. The number of hydrogen-bond donors (Lipinski definition) is 1. The molecule has 18 heavy (non-hydrogen) atoms. The first-order chi connectivity index (χ1) is 8.39. The van der Waals surface area contributed by atoms with Gasteiger partial charge in [0.2, 0.25) is 0 Å². The van der Waals surface area contributed by atoms with Crippen molar-refractivity contribution in [3.05, 3.63) is 22.4 Å². The van der Waals surface area contributed by atoms with E-state index in [1.54, 1.807) is 11.3 Å². The van der Waals surface area contributed by atoms with Crippen LogP contribution in [0.4, 0.5) is 13.2 Å². The predicted octanol–water partition coefficient (Wildman–Crippen LogP) is 4.16. The molecule has 5 heteroatoms. The van der Waals surface area contributed by atoms with Crippen molar-refractivity contribution < 1.29 is 18.3 Å². The van der Waals surface area contributed by atoms with E-state index in [0.29, 0.717) is 25.7 Å². The van der Waals surface area contributed by atoms with E-state index in [1.165, 1.54) is 0 Å². The molecule has 0 radical (unpaired) electrons. The van der Waals surface area contributed by atoms with Crippen molar-refractivity contribution in [3.8, 4) is 0 Å². The van der Waals surface area contributed by atoms with Gasteiger partial charge in [-0.3, -0.25) is 0 Å². The zero-order valence-corrected chi connectivity index (χ0v) is 10.9. The highest BCUT2D eigenvalue weighted by Crippen LogP contribution is 2.43. The molecule has 0 bridgehead atoms. The van der Waals surface area contributed by atoms with Gasteiger partial charge in [0.1, 0.15) is 0 Å². The largest absolute Gasteiger partial charge is 0.391 e. The van der Waals surface area contributed by atoms with Gasteiger partial charge < -0.3 is 5.11 Å². The number of hydrogen-bond acceptors (Lipinski definition) is 2. The Hall–Kier alpha value is -0.550. The molecule has 0 saturated heterocycles. The van der Waals surface area contributed by atoms with Crippen molar-refractivity contribution in [2.45, 2.75) is 50.3 Å². The van der Waals surface area contributed by atoms with Gasteiger partial charge >= 0.3 is 6.18 Å². The molecule has 2 unspecified atom stereocenters. The topological polar surface area (TPSA) is 20.2 Å². The molecule has 1 aromatic rings. The van der Waals surface area contributed by atoms with Gasteiger partial charge in [-0.05, 0) is 60.9 Å². The number of halogens is 3. The van der Waals surface area contributed by atoms with E-state index in [0.717, 1.165) is 5.56 Å². The zero-order chi connectivity index (χ0) is 13.2. The van der Waals surface area contributed by atoms with E-state index < -0.39 is 17.7 Å². The molecule has 0 aromatic carbocycles. The number of thiophene rings is 1. The summed E-state index contributed by atoms with van der Waals surface area (Å²) in [5, 5.41) is 14.2. The first-order valence-corrected chi connectivity index (χ1v) is 7.13. The molecule has 0 aliphatic heterocycles. The molecule has 1 heterocycles. The van der Waals surface area contributed by atoms with Crippen molar-refractivity contribution >= 4 is 11.3 Å². The Morgan fingerprint density at radius 1 is 1.44 bits per heavy atom. The van der Waals surface area contributed by atoms with Gasteiger partial charge in [0, 0.05) is 0 Å². The summed E-state index contributed by atoms with van der Waals surface area (Å²) in [6.45, 7) is 0. The minimum absolute atomic E-state index is 0.138. The van der Waals surface area contributed by atoms with Crippen LogP contribution in [0.15, 0.2) is 16.8 Å². The first-order valence-electron chi connectivity index (χ1n) is 6.19. The summed E-state index contributed by atoms with van der Waals surface area (Å²) in [5.74, 6) is -1.33. The van der Waals surface area contributed by atoms with Crippen LogP contribution in [0.1, 0.15) is 37.7 Å². The Morgan fingerprint density at radius 2 is 2.22 bits per heavy atom. The van der Waals surface area contributed by atoms with E-state index in [2.05, 4.69) is 0 Å². The predicted molar refractivity (Wildman–Crippen MR) is 65.6 cm³/mol. The first kappa shape index (κ1) is 13.9. The molecule has 1 aliphatic rings. The van der Waals surface area contributed by atoms with Crippen LogP contribution in [-0.4, -0.2) is 16.9 Å². The second-order valence-electron chi connectivity index (χ2n) is 5.19. The number of aliphatic hydroxyl groups is 1. The molecule has 1 fully saturated rings. The van der Waals surface area contributed by atoms with Crippen LogP contribution in [0.25, 0.3) is 0 Å². The quantitative estimate of drug-likeness (QED) is 0.880. The van der Waals surface area contributed by atoms with Crippen LogP contribution in [0, 0.1) is 5.92 Å². The lowest BCUT2D eigenvalue weighted by Crippen LogP contribution is -2.40. The van der Waals surface area contributed by atoms with Gasteiger partial charge in [0.15, 0.2) is 0 Å². The summed E-state index contributed by atoms with van der Waals surface area (Å²) in [6.07, 6.45) is -2.11. The fraction of sp³-hybridized carbons (Fsp3) is 0.692. The van der Waals surface area contributed by atoms with E-state index in [1.807, 2.05) is 16.8 Å². The average Bonchev–Trinajstić information content (AvgIpc) is 2.78. The minimum atomic E-state index is -4.17. The lowest BCUT2D eigenvalue weighted by atomic mass is 9.75. The Balaban J connectivity index is 1.93. The summed E-state index contributed by atoms with van der Waals surface area (Å²) in [6, 6.07) is 1.96. The Labute approximate surface area is 109 Å². The molecule has 0 spiro atoms. The average molecular weight is 278 g/mol. The molecular formula is C13H17F3OS. The Bertz CT molecular complexity index is 374. The van der Waals surface area contributed by atoms with Crippen LogP contribution in [-0.2, 0) is 6.42 Å². The molecule has 1 aliphatic carbocycles. The maximum Gasteiger partial charge on any atom is 0.391 e. The van der Waals surface area contributed by atoms with Gasteiger partial charge in [-0.25, -0.2) is 0 Å². The third-order valence-corrected chi connectivity index (χ3v) is 4.48. The molecular weight excluding hydrogens is 261 g/mol. The lowest BCUT2D eigenvalue weighted by molar-refractivity contribution is -0.201. The van der Waals surface area contributed by atoms with Crippen LogP contribution in [0.5, 0.6) is 0 Å². The Kier molecular flexibility index (Phi) is 4.02. The van der Waals surface area contributed by atoms with Crippen LogP contribution in [0.2, 0.25) is 0 Å². The molecule has 1 N–H and O–H groups in total. The molecule has 1 nitrogen and oxygen atoms in total. The summed E-state index contributed by atoms with van der Waals surface area (Å²) >= 11 is 1.57. The standard InChI is InChI=1S/C13H17F3OS/c14-13(15,16)11-2-1-5-12(17,8-11)6-3-10-4-7-18-9-10/h4,7,9,11,17H,1-3,5-6,8H2. The molecule has 2 atom stereocenters. The highest BCUT2D eigenvalue weighted by molar-refractivity contribution is 7.07. The number of alkyl halides is 3.